The molecule has 1 heterocycles. The number of halogens is 1. The summed E-state index contributed by atoms with van der Waals surface area (Å²) >= 11 is 0. The van der Waals surface area contributed by atoms with Crippen molar-refractivity contribution in [1.82, 2.24) is 19.8 Å². The summed E-state index contributed by atoms with van der Waals surface area (Å²) in [5.41, 5.74) is 1.78. The molecular formula is C17H23FN4O2. The summed E-state index contributed by atoms with van der Waals surface area (Å²) in [6.07, 6.45) is 1.62. The Bertz CT molecular complexity index is 655. The van der Waals surface area contributed by atoms with Crippen molar-refractivity contribution in [1.29, 1.82) is 0 Å². The molecule has 130 valence electrons. The molecule has 1 N–H and O–H groups in total. The fraction of sp³-hybridized carbons (Fsp3) is 0.412. The van der Waals surface area contributed by atoms with Crippen LogP contribution in [-0.2, 0) is 11.3 Å². The summed E-state index contributed by atoms with van der Waals surface area (Å²) in [7, 11) is 3.91. The molecule has 1 amide bonds. The summed E-state index contributed by atoms with van der Waals surface area (Å²) in [5.74, 6) is -0.00729. The Morgan fingerprint density at radius 1 is 1.25 bits per heavy atom. The minimum atomic E-state index is -0.338. The molecule has 7 heteroatoms. The van der Waals surface area contributed by atoms with Gasteiger partial charge in [0.2, 0.25) is 0 Å². The van der Waals surface area contributed by atoms with Gasteiger partial charge in [0.05, 0.1) is 18.6 Å². The number of aryl methyl sites for hydroxylation is 1. The summed E-state index contributed by atoms with van der Waals surface area (Å²) in [4.78, 5) is 23.5. The Morgan fingerprint density at radius 2 is 1.96 bits per heavy atom. The van der Waals surface area contributed by atoms with Crippen molar-refractivity contribution < 1.29 is 13.9 Å². The Labute approximate surface area is 141 Å². The number of hydrogen-bond donors (Lipinski definition) is 1. The smallest absolute Gasteiger partial charge is 0.260 e. The predicted molar refractivity (Wildman–Crippen MR) is 89.2 cm³/mol. The van der Waals surface area contributed by atoms with E-state index in [2.05, 4.69) is 9.97 Å². The number of ether oxygens (including phenoxy) is 1. The van der Waals surface area contributed by atoms with Crippen molar-refractivity contribution in [3.63, 3.8) is 0 Å². The van der Waals surface area contributed by atoms with Gasteiger partial charge in [-0.2, -0.15) is 0 Å². The number of nitrogens with one attached hydrogen (secondary N) is 1. The van der Waals surface area contributed by atoms with Crippen LogP contribution in [0.1, 0.15) is 11.4 Å². The number of amides is 1. The van der Waals surface area contributed by atoms with Gasteiger partial charge < -0.3 is 19.5 Å². The summed E-state index contributed by atoms with van der Waals surface area (Å²) in [6, 6.07) is 5.61. The van der Waals surface area contributed by atoms with E-state index in [0.29, 0.717) is 18.8 Å². The van der Waals surface area contributed by atoms with E-state index in [4.69, 9.17) is 4.74 Å². The lowest BCUT2D eigenvalue weighted by Gasteiger charge is -2.24. The van der Waals surface area contributed by atoms with Gasteiger partial charge in [-0.15, -0.1) is 0 Å². The Kier molecular flexibility index (Phi) is 6.31. The molecule has 0 aliphatic rings. The van der Waals surface area contributed by atoms with Crippen LogP contribution in [0.15, 0.2) is 30.6 Å². The number of imidazole rings is 1. The van der Waals surface area contributed by atoms with Crippen LogP contribution in [0.5, 0.6) is 5.75 Å². The van der Waals surface area contributed by atoms with Gasteiger partial charge in [-0.05, 0) is 45.3 Å². The fourth-order valence-electron chi connectivity index (χ4n) is 2.11. The molecule has 0 saturated heterocycles. The van der Waals surface area contributed by atoms with Gasteiger partial charge in [0, 0.05) is 18.8 Å². The van der Waals surface area contributed by atoms with E-state index in [1.807, 2.05) is 25.9 Å². The highest BCUT2D eigenvalue weighted by molar-refractivity contribution is 5.77. The zero-order valence-electron chi connectivity index (χ0n) is 14.3. The monoisotopic (exact) mass is 334 g/mol. The second kappa shape index (κ2) is 8.44. The highest BCUT2D eigenvalue weighted by atomic mass is 19.1. The van der Waals surface area contributed by atoms with E-state index in [1.165, 1.54) is 24.3 Å². The lowest BCUT2D eigenvalue weighted by atomic mass is 10.3. The van der Waals surface area contributed by atoms with Crippen LogP contribution in [0.2, 0.25) is 0 Å². The predicted octanol–water partition coefficient (Wildman–Crippen LogP) is 1.83. The number of carbonyl (C=O) groups is 1. The van der Waals surface area contributed by atoms with E-state index in [1.54, 1.807) is 11.2 Å². The molecule has 0 fully saturated rings. The molecule has 6 nitrogen and oxygen atoms in total. The fourth-order valence-corrected chi connectivity index (χ4v) is 2.11. The van der Waals surface area contributed by atoms with Crippen LogP contribution in [0.25, 0.3) is 0 Å². The zero-order chi connectivity index (χ0) is 17.5. The summed E-state index contributed by atoms with van der Waals surface area (Å²) < 4.78 is 18.4. The third-order valence-corrected chi connectivity index (χ3v) is 3.62. The summed E-state index contributed by atoms with van der Waals surface area (Å²) in [6.45, 7) is 3.57. The van der Waals surface area contributed by atoms with E-state index in [9.17, 15) is 9.18 Å². The summed E-state index contributed by atoms with van der Waals surface area (Å²) in [5, 5.41) is 0. The SMILES string of the molecule is Cc1[nH]cnc1CN(CCN(C)C)C(=O)COc1ccc(F)cc1. The molecule has 0 radical (unpaired) electrons. The molecule has 0 spiro atoms. The lowest BCUT2D eigenvalue weighted by Crippen LogP contribution is -2.39. The van der Waals surface area contributed by atoms with Gasteiger partial charge >= 0.3 is 0 Å². The number of H-pyrrole nitrogens is 1. The van der Waals surface area contributed by atoms with Gasteiger partial charge in [0.25, 0.3) is 5.91 Å². The first-order valence-corrected chi connectivity index (χ1v) is 7.75. The molecule has 0 saturated carbocycles. The van der Waals surface area contributed by atoms with Gasteiger partial charge in [0.15, 0.2) is 6.61 Å². The van der Waals surface area contributed by atoms with Crippen molar-refractivity contribution in [2.45, 2.75) is 13.5 Å². The number of rotatable bonds is 8. The molecule has 0 aliphatic heterocycles. The van der Waals surface area contributed by atoms with Crippen LogP contribution in [-0.4, -0.2) is 59.5 Å². The van der Waals surface area contributed by atoms with Crippen LogP contribution < -0.4 is 4.74 Å². The number of hydrogen-bond acceptors (Lipinski definition) is 4. The highest BCUT2D eigenvalue weighted by Gasteiger charge is 2.17. The van der Waals surface area contributed by atoms with Crippen molar-refractivity contribution in [2.24, 2.45) is 0 Å². The van der Waals surface area contributed by atoms with E-state index in [0.717, 1.165) is 17.9 Å². The lowest BCUT2D eigenvalue weighted by molar-refractivity contribution is -0.134. The first-order valence-electron chi connectivity index (χ1n) is 7.75. The van der Waals surface area contributed by atoms with E-state index in [-0.39, 0.29) is 18.3 Å². The number of carbonyl (C=O) groups excluding carboxylic acids is 1. The minimum absolute atomic E-state index is 0.0947. The Morgan fingerprint density at radius 3 is 2.54 bits per heavy atom. The van der Waals surface area contributed by atoms with Gasteiger partial charge in [-0.3, -0.25) is 4.79 Å². The molecule has 1 aromatic carbocycles. The third kappa shape index (κ3) is 5.34. The number of nitrogens with zero attached hydrogens (tertiary/aromatic N) is 3. The first-order chi connectivity index (χ1) is 11.5. The topological polar surface area (TPSA) is 61.5 Å². The number of benzene rings is 1. The van der Waals surface area contributed by atoms with Crippen molar-refractivity contribution in [2.75, 3.05) is 33.8 Å². The van der Waals surface area contributed by atoms with Crippen LogP contribution >= 0.6 is 0 Å². The number of aromatic nitrogens is 2. The molecule has 2 rings (SSSR count). The Balaban J connectivity index is 1.97. The number of likely N-dealkylation sites (N-methyl/N-ethyl adjacent to an activating group) is 1. The zero-order valence-corrected chi connectivity index (χ0v) is 14.3. The average molecular weight is 334 g/mol. The van der Waals surface area contributed by atoms with Gasteiger partial charge in [-0.1, -0.05) is 0 Å². The van der Waals surface area contributed by atoms with Crippen LogP contribution in [0, 0.1) is 12.7 Å². The molecule has 24 heavy (non-hydrogen) atoms. The first kappa shape index (κ1) is 17.9. The molecular weight excluding hydrogens is 311 g/mol. The average Bonchev–Trinajstić information content (AvgIpc) is 2.95. The van der Waals surface area contributed by atoms with Gasteiger partial charge in [-0.25, -0.2) is 9.37 Å². The maximum absolute atomic E-state index is 12.9. The molecule has 0 aliphatic carbocycles. The maximum Gasteiger partial charge on any atom is 0.260 e. The van der Waals surface area contributed by atoms with E-state index < -0.39 is 0 Å². The van der Waals surface area contributed by atoms with Crippen molar-refractivity contribution >= 4 is 5.91 Å². The standard InChI is InChI=1S/C17H23FN4O2/c1-13-16(20-12-19-13)10-22(9-8-21(2)3)17(23)11-24-15-6-4-14(18)5-7-15/h4-7,12H,8-11H2,1-3H3,(H,19,20). The molecule has 0 unspecified atom stereocenters. The van der Waals surface area contributed by atoms with Gasteiger partial charge in [0.1, 0.15) is 11.6 Å². The molecule has 0 atom stereocenters. The largest absolute Gasteiger partial charge is 0.484 e. The van der Waals surface area contributed by atoms with Crippen molar-refractivity contribution in [3.05, 3.63) is 47.8 Å². The Hall–Kier alpha value is -2.41. The van der Waals surface area contributed by atoms with Crippen LogP contribution in [0.4, 0.5) is 4.39 Å². The molecule has 2 aromatic rings. The van der Waals surface area contributed by atoms with E-state index >= 15 is 0 Å². The third-order valence-electron chi connectivity index (χ3n) is 3.62. The van der Waals surface area contributed by atoms with Crippen molar-refractivity contribution in [3.8, 4) is 5.75 Å². The maximum atomic E-state index is 12.9. The second-order valence-electron chi connectivity index (χ2n) is 5.84. The number of aromatic amines is 1. The van der Waals surface area contributed by atoms with Crippen LogP contribution in [0.3, 0.4) is 0 Å². The molecule has 1 aromatic heterocycles. The molecule has 0 bridgehead atoms. The minimum Gasteiger partial charge on any atom is -0.484 e. The normalized spacial score (nSPS) is 10.9. The quantitative estimate of drug-likeness (QED) is 0.800. The second-order valence-corrected chi connectivity index (χ2v) is 5.84. The highest BCUT2D eigenvalue weighted by Crippen LogP contribution is 2.12.